The lowest BCUT2D eigenvalue weighted by atomic mass is 9.71. The molecule has 1 N–H and O–H groups in total. The van der Waals surface area contributed by atoms with Gasteiger partial charge < -0.3 is 10.2 Å². The Balaban J connectivity index is 1.63. The summed E-state index contributed by atoms with van der Waals surface area (Å²) in [6.07, 6.45) is 0.482. The lowest BCUT2D eigenvalue weighted by Crippen LogP contribution is -2.47. The van der Waals surface area contributed by atoms with Gasteiger partial charge in [0, 0.05) is 19.3 Å². The Morgan fingerprint density at radius 2 is 1.78 bits per heavy atom. The second-order valence-corrected chi connectivity index (χ2v) is 6.47. The van der Waals surface area contributed by atoms with E-state index in [1.54, 1.807) is 4.90 Å². The molecule has 4 nitrogen and oxygen atoms in total. The summed E-state index contributed by atoms with van der Waals surface area (Å²) in [5, 5.41) is 3.35. The van der Waals surface area contributed by atoms with E-state index in [9.17, 15) is 18.0 Å². The second-order valence-electron chi connectivity index (χ2n) is 6.47. The summed E-state index contributed by atoms with van der Waals surface area (Å²) >= 11 is 0. The summed E-state index contributed by atoms with van der Waals surface area (Å²) in [5.74, 6) is -0.275. The van der Waals surface area contributed by atoms with E-state index in [1.165, 1.54) is 6.07 Å². The van der Waals surface area contributed by atoms with Crippen molar-refractivity contribution in [1.29, 1.82) is 0 Å². The first kappa shape index (κ1) is 16.2. The first-order chi connectivity index (χ1) is 10.9. The molecule has 2 aliphatic heterocycles. The van der Waals surface area contributed by atoms with Gasteiger partial charge in [0.25, 0.3) is 5.91 Å². The Bertz CT molecular complexity index is 555. The number of hydrogen-bond acceptors (Lipinski definition) is 3. The zero-order valence-corrected chi connectivity index (χ0v) is 12.8. The topological polar surface area (TPSA) is 45.2 Å². The number of hydrogen-bond donors (Lipinski definition) is 1. The van der Waals surface area contributed by atoms with Gasteiger partial charge in [-0.05, 0) is 56.3 Å². The molecule has 0 radical (unpaired) electrons. The molecule has 2 saturated heterocycles. The second kappa shape index (κ2) is 6.11. The molecule has 1 amide bonds. The maximum atomic E-state index is 12.5. The van der Waals surface area contributed by atoms with Crippen molar-refractivity contribution in [3.8, 4) is 0 Å². The van der Waals surface area contributed by atoms with Crippen LogP contribution in [0.4, 0.5) is 13.2 Å². The number of carbonyl (C=O) groups excluding carboxylic acids is 1. The maximum absolute atomic E-state index is 12.5. The average molecular weight is 327 g/mol. The number of nitrogens with zero attached hydrogens (tertiary/aromatic N) is 2. The zero-order valence-electron chi connectivity index (χ0n) is 12.8. The Morgan fingerprint density at radius 3 is 2.30 bits per heavy atom. The fourth-order valence-corrected chi connectivity index (χ4v) is 3.49. The summed E-state index contributed by atoms with van der Waals surface area (Å²) in [6.45, 7) is 3.35. The van der Waals surface area contributed by atoms with Crippen LogP contribution < -0.4 is 5.32 Å². The van der Waals surface area contributed by atoms with E-state index in [2.05, 4.69) is 10.3 Å². The number of aromatic nitrogens is 1. The van der Waals surface area contributed by atoms with Gasteiger partial charge in [0.05, 0.1) is 5.56 Å². The molecule has 3 heterocycles. The maximum Gasteiger partial charge on any atom is 0.417 e. The van der Waals surface area contributed by atoms with Crippen LogP contribution in [-0.2, 0) is 6.18 Å². The van der Waals surface area contributed by atoms with Crippen molar-refractivity contribution in [1.82, 2.24) is 15.2 Å². The summed E-state index contributed by atoms with van der Waals surface area (Å²) < 4.78 is 37.6. The number of piperidine rings is 2. The van der Waals surface area contributed by atoms with Gasteiger partial charge in [-0.1, -0.05) is 0 Å². The summed E-state index contributed by atoms with van der Waals surface area (Å²) in [7, 11) is 0. The Hall–Kier alpha value is -1.63. The normalized spacial score (nSPS) is 21.4. The molecule has 1 aromatic rings. The molecule has 0 unspecified atom stereocenters. The third kappa shape index (κ3) is 3.49. The minimum atomic E-state index is -4.43. The predicted octanol–water partition coefficient (Wildman–Crippen LogP) is 2.71. The zero-order chi connectivity index (χ0) is 16.5. The van der Waals surface area contributed by atoms with Crippen LogP contribution >= 0.6 is 0 Å². The van der Waals surface area contributed by atoms with Gasteiger partial charge in [0.1, 0.15) is 5.69 Å². The highest BCUT2D eigenvalue weighted by Crippen LogP contribution is 2.39. The third-order valence-corrected chi connectivity index (χ3v) is 5.09. The average Bonchev–Trinajstić information content (AvgIpc) is 2.55. The van der Waals surface area contributed by atoms with E-state index < -0.39 is 11.7 Å². The molecular weight excluding hydrogens is 307 g/mol. The minimum Gasteiger partial charge on any atom is -0.337 e. The highest BCUT2D eigenvalue weighted by atomic mass is 19.4. The van der Waals surface area contributed by atoms with Crippen LogP contribution in [0.1, 0.15) is 41.7 Å². The number of halogens is 3. The molecule has 0 bridgehead atoms. The number of rotatable bonds is 1. The highest BCUT2D eigenvalue weighted by Gasteiger charge is 2.37. The van der Waals surface area contributed by atoms with E-state index in [-0.39, 0.29) is 11.6 Å². The molecule has 3 rings (SSSR count). The van der Waals surface area contributed by atoms with Gasteiger partial charge in [-0.2, -0.15) is 13.2 Å². The van der Waals surface area contributed by atoms with Crippen LogP contribution in [0, 0.1) is 5.41 Å². The van der Waals surface area contributed by atoms with Crippen molar-refractivity contribution in [2.24, 2.45) is 5.41 Å². The number of amides is 1. The summed E-state index contributed by atoms with van der Waals surface area (Å²) in [6, 6.07) is 2.08. The fraction of sp³-hybridized carbons (Fsp3) is 0.625. The van der Waals surface area contributed by atoms with E-state index in [4.69, 9.17) is 0 Å². The fourth-order valence-electron chi connectivity index (χ4n) is 3.49. The smallest absolute Gasteiger partial charge is 0.337 e. The van der Waals surface area contributed by atoms with Crippen molar-refractivity contribution in [2.75, 3.05) is 26.2 Å². The van der Waals surface area contributed by atoms with Crippen LogP contribution in [0.2, 0.25) is 0 Å². The van der Waals surface area contributed by atoms with E-state index in [1.807, 2.05) is 0 Å². The van der Waals surface area contributed by atoms with E-state index in [0.717, 1.165) is 51.0 Å². The van der Waals surface area contributed by atoms with Crippen molar-refractivity contribution in [2.45, 2.75) is 31.9 Å². The van der Waals surface area contributed by atoms with Crippen molar-refractivity contribution < 1.29 is 18.0 Å². The number of carbonyl (C=O) groups is 1. The van der Waals surface area contributed by atoms with Crippen LogP contribution in [0.3, 0.4) is 0 Å². The SMILES string of the molecule is O=C(c1ccc(C(F)(F)F)cn1)N1CCC2(CCNCC2)CC1. The molecule has 2 aliphatic rings. The molecule has 0 aliphatic carbocycles. The number of pyridine rings is 1. The molecule has 0 saturated carbocycles. The van der Waals surface area contributed by atoms with Crippen molar-refractivity contribution in [3.05, 3.63) is 29.6 Å². The molecular formula is C16H20F3N3O. The molecule has 1 aromatic heterocycles. The molecule has 7 heteroatoms. The largest absolute Gasteiger partial charge is 0.417 e. The quantitative estimate of drug-likeness (QED) is 0.863. The number of alkyl halides is 3. The van der Waals surface area contributed by atoms with Crippen LogP contribution in [0.5, 0.6) is 0 Å². The summed E-state index contributed by atoms with van der Waals surface area (Å²) in [4.78, 5) is 17.8. The van der Waals surface area contributed by atoms with Crippen LogP contribution in [0.15, 0.2) is 18.3 Å². The predicted molar refractivity (Wildman–Crippen MR) is 78.9 cm³/mol. The highest BCUT2D eigenvalue weighted by molar-refractivity contribution is 5.92. The van der Waals surface area contributed by atoms with E-state index >= 15 is 0 Å². The number of likely N-dealkylation sites (tertiary alicyclic amines) is 1. The van der Waals surface area contributed by atoms with Gasteiger partial charge in [-0.25, -0.2) is 0 Å². The molecule has 1 spiro atoms. The monoisotopic (exact) mass is 327 g/mol. The lowest BCUT2D eigenvalue weighted by Gasteiger charge is -2.44. The van der Waals surface area contributed by atoms with Gasteiger partial charge in [-0.3, -0.25) is 9.78 Å². The van der Waals surface area contributed by atoms with Gasteiger partial charge in [0.15, 0.2) is 0 Å². The van der Waals surface area contributed by atoms with Crippen LogP contribution in [-0.4, -0.2) is 42.0 Å². The van der Waals surface area contributed by atoms with E-state index in [0.29, 0.717) is 18.5 Å². The van der Waals surface area contributed by atoms with Crippen molar-refractivity contribution in [3.63, 3.8) is 0 Å². The molecule has 23 heavy (non-hydrogen) atoms. The Labute approximate surface area is 133 Å². The van der Waals surface area contributed by atoms with Gasteiger partial charge >= 0.3 is 6.18 Å². The molecule has 2 fully saturated rings. The van der Waals surface area contributed by atoms with Crippen molar-refractivity contribution >= 4 is 5.91 Å². The minimum absolute atomic E-state index is 0.0826. The molecule has 0 atom stereocenters. The molecule has 126 valence electrons. The Kier molecular flexibility index (Phi) is 4.31. The lowest BCUT2D eigenvalue weighted by molar-refractivity contribution is -0.137. The Morgan fingerprint density at radius 1 is 1.13 bits per heavy atom. The van der Waals surface area contributed by atoms with Gasteiger partial charge in [-0.15, -0.1) is 0 Å². The third-order valence-electron chi connectivity index (χ3n) is 5.09. The van der Waals surface area contributed by atoms with Crippen LogP contribution in [0.25, 0.3) is 0 Å². The number of nitrogens with one attached hydrogen (secondary N) is 1. The molecule has 0 aromatic carbocycles. The first-order valence-electron chi connectivity index (χ1n) is 7.93. The summed E-state index contributed by atoms with van der Waals surface area (Å²) in [5.41, 5.74) is -0.420. The van der Waals surface area contributed by atoms with Gasteiger partial charge in [0.2, 0.25) is 0 Å². The standard InChI is InChI=1S/C16H20F3N3O/c17-16(18,19)12-1-2-13(21-11-12)14(23)22-9-5-15(6-10-22)3-7-20-8-4-15/h1-2,11,20H,3-10H2. The first-order valence-corrected chi connectivity index (χ1v) is 7.93.